The molecule has 3 aromatic rings. The number of nitrogens with one attached hydrogen (secondary N) is 1. The number of hydrogen-bond donors (Lipinski definition) is 1. The molecule has 0 atom stereocenters. The second-order valence-electron chi connectivity index (χ2n) is 4.74. The van der Waals surface area contributed by atoms with Crippen molar-refractivity contribution in [3.05, 3.63) is 48.0 Å². The molecule has 0 fully saturated rings. The molecule has 0 aliphatic heterocycles. The largest absolute Gasteiger partial charge is 0.263 e. The van der Waals surface area contributed by atoms with Crippen LogP contribution in [-0.2, 0) is 10.0 Å². The van der Waals surface area contributed by atoms with Crippen LogP contribution in [0.4, 0.5) is 5.13 Å². The average molecular weight is 350 g/mol. The Bertz CT molecular complexity index is 916. The third-order valence-electron chi connectivity index (χ3n) is 3.15. The van der Waals surface area contributed by atoms with E-state index in [0.717, 1.165) is 20.7 Å². The Morgan fingerprint density at radius 2 is 1.86 bits per heavy atom. The van der Waals surface area contributed by atoms with Gasteiger partial charge in [-0.3, -0.25) is 4.72 Å². The number of para-hydroxylation sites is 1. The van der Waals surface area contributed by atoms with E-state index in [-0.39, 0.29) is 4.90 Å². The summed E-state index contributed by atoms with van der Waals surface area (Å²) in [6.45, 7) is 1.92. The van der Waals surface area contributed by atoms with Gasteiger partial charge in [0.15, 0.2) is 5.13 Å². The number of anilines is 1. The van der Waals surface area contributed by atoms with E-state index in [1.165, 1.54) is 11.3 Å². The zero-order valence-corrected chi connectivity index (χ0v) is 14.5. The molecule has 0 bridgehead atoms. The normalized spacial score (nSPS) is 11.7. The molecule has 7 heteroatoms. The number of hydrogen-bond acceptors (Lipinski definition) is 5. The first-order valence-electron chi connectivity index (χ1n) is 6.52. The molecule has 1 N–H and O–H groups in total. The summed E-state index contributed by atoms with van der Waals surface area (Å²) >= 11 is 2.93. The van der Waals surface area contributed by atoms with Gasteiger partial charge in [0, 0.05) is 4.90 Å². The van der Waals surface area contributed by atoms with Crippen molar-refractivity contribution in [1.82, 2.24) is 4.98 Å². The number of nitrogens with zero attached hydrogens (tertiary/aromatic N) is 1. The van der Waals surface area contributed by atoms with Crippen LogP contribution in [0.5, 0.6) is 0 Å². The molecule has 0 spiro atoms. The Balaban J connectivity index is 1.97. The van der Waals surface area contributed by atoms with Crippen LogP contribution in [0, 0.1) is 6.92 Å². The topological polar surface area (TPSA) is 59.1 Å². The van der Waals surface area contributed by atoms with E-state index >= 15 is 0 Å². The number of benzene rings is 2. The van der Waals surface area contributed by atoms with Crippen molar-refractivity contribution in [2.75, 3.05) is 11.0 Å². The van der Waals surface area contributed by atoms with E-state index in [0.29, 0.717) is 5.13 Å². The minimum Gasteiger partial charge on any atom is -0.255 e. The summed E-state index contributed by atoms with van der Waals surface area (Å²) < 4.78 is 28.3. The van der Waals surface area contributed by atoms with Gasteiger partial charge in [-0.05, 0) is 37.4 Å². The molecular weight excluding hydrogens is 336 g/mol. The standard InChI is InChI=1S/C15H14N2O2S3/c1-10-6-8-11(9-7-10)22(18,19)17-15-16-14-12(20-2)4-3-5-13(14)21-15/h3-9H,1-2H3,(H,16,17). The molecule has 1 aromatic heterocycles. The van der Waals surface area contributed by atoms with Crippen LogP contribution in [0.3, 0.4) is 0 Å². The Labute approximate surface area is 137 Å². The van der Waals surface area contributed by atoms with Crippen LogP contribution < -0.4 is 4.72 Å². The first-order chi connectivity index (χ1) is 10.5. The van der Waals surface area contributed by atoms with Gasteiger partial charge in [0.05, 0.1) is 15.1 Å². The van der Waals surface area contributed by atoms with Gasteiger partial charge in [0.25, 0.3) is 10.0 Å². The summed E-state index contributed by atoms with van der Waals surface area (Å²) in [7, 11) is -3.61. The molecule has 1 heterocycles. The number of rotatable bonds is 4. The smallest absolute Gasteiger partial charge is 0.255 e. The van der Waals surface area contributed by atoms with Gasteiger partial charge in [-0.1, -0.05) is 35.1 Å². The molecule has 0 radical (unpaired) electrons. The fourth-order valence-electron chi connectivity index (χ4n) is 2.02. The lowest BCUT2D eigenvalue weighted by molar-refractivity contribution is 0.601. The summed E-state index contributed by atoms with van der Waals surface area (Å²) in [6, 6.07) is 12.6. The number of sulfonamides is 1. The van der Waals surface area contributed by atoms with Gasteiger partial charge in [0.1, 0.15) is 0 Å². The molecule has 22 heavy (non-hydrogen) atoms. The molecule has 4 nitrogen and oxygen atoms in total. The van der Waals surface area contributed by atoms with Crippen molar-refractivity contribution >= 4 is 48.5 Å². The highest BCUT2D eigenvalue weighted by Crippen LogP contribution is 2.33. The molecule has 0 aliphatic carbocycles. The third kappa shape index (κ3) is 2.97. The van der Waals surface area contributed by atoms with Crippen molar-refractivity contribution in [1.29, 1.82) is 0 Å². The summed E-state index contributed by atoms with van der Waals surface area (Å²) in [5.41, 5.74) is 1.85. The lowest BCUT2D eigenvalue weighted by Crippen LogP contribution is -2.12. The highest BCUT2D eigenvalue weighted by atomic mass is 32.2. The minimum absolute atomic E-state index is 0.238. The maximum Gasteiger partial charge on any atom is 0.263 e. The molecule has 114 valence electrons. The lowest BCUT2D eigenvalue weighted by atomic mass is 10.2. The number of thiazole rings is 1. The Hall–Kier alpha value is -1.57. The molecule has 2 aromatic carbocycles. The molecule has 0 aliphatic rings. The van der Waals surface area contributed by atoms with Crippen LogP contribution in [-0.4, -0.2) is 19.7 Å². The Morgan fingerprint density at radius 1 is 1.14 bits per heavy atom. The predicted molar refractivity (Wildman–Crippen MR) is 93.4 cm³/mol. The van der Waals surface area contributed by atoms with Crippen molar-refractivity contribution in [2.45, 2.75) is 16.7 Å². The van der Waals surface area contributed by atoms with Crippen LogP contribution in [0.25, 0.3) is 10.2 Å². The fraction of sp³-hybridized carbons (Fsp3) is 0.133. The van der Waals surface area contributed by atoms with Gasteiger partial charge in [0.2, 0.25) is 0 Å². The SMILES string of the molecule is CSc1cccc2sc(NS(=O)(=O)c3ccc(C)cc3)nc12. The Kier molecular flexibility index (Phi) is 4.12. The van der Waals surface area contributed by atoms with Gasteiger partial charge >= 0.3 is 0 Å². The van der Waals surface area contributed by atoms with Crippen LogP contribution in [0.1, 0.15) is 5.56 Å². The number of aromatic nitrogens is 1. The molecule has 3 rings (SSSR count). The monoisotopic (exact) mass is 350 g/mol. The first-order valence-corrected chi connectivity index (χ1v) is 10.0. The highest BCUT2D eigenvalue weighted by Gasteiger charge is 2.17. The van der Waals surface area contributed by atoms with Gasteiger partial charge in [-0.2, -0.15) is 0 Å². The summed E-state index contributed by atoms with van der Waals surface area (Å²) in [5, 5.41) is 0.386. The third-order valence-corrected chi connectivity index (χ3v) is 6.34. The first kappa shape index (κ1) is 15.3. The van der Waals surface area contributed by atoms with Crippen LogP contribution >= 0.6 is 23.1 Å². The number of fused-ring (bicyclic) bond motifs is 1. The molecule has 0 saturated heterocycles. The summed E-state index contributed by atoms with van der Waals surface area (Å²) in [4.78, 5) is 5.69. The summed E-state index contributed by atoms with van der Waals surface area (Å²) in [5.74, 6) is 0. The van der Waals surface area contributed by atoms with Crippen molar-refractivity contribution in [3.63, 3.8) is 0 Å². The van der Waals surface area contributed by atoms with Crippen LogP contribution in [0.15, 0.2) is 52.3 Å². The number of aryl methyl sites for hydroxylation is 1. The zero-order chi connectivity index (χ0) is 15.7. The molecule has 0 amide bonds. The zero-order valence-electron chi connectivity index (χ0n) is 12.0. The second-order valence-corrected chi connectivity index (χ2v) is 8.31. The van der Waals surface area contributed by atoms with E-state index < -0.39 is 10.0 Å². The van der Waals surface area contributed by atoms with E-state index in [9.17, 15) is 8.42 Å². The predicted octanol–water partition coefficient (Wildman–Crippen LogP) is 4.13. The average Bonchev–Trinajstić information content (AvgIpc) is 2.89. The fourth-order valence-corrected chi connectivity index (χ4v) is 4.78. The van der Waals surface area contributed by atoms with Gasteiger partial charge in [-0.15, -0.1) is 11.8 Å². The highest BCUT2D eigenvalue weighted by molar-refractivity contribution is 7.98. The second kappa shape index (κ2) is 5.91. The number of thioether (sulfide) groups is 1. The Morgan fingerprint density at radius 3 is 2.55 bits per heavy atom. The van der Waals surface area contributed by atoms with Gasteiger partial charge < -0.3 is 0 Å². The maximum absolute atomic E-state index is 12.4. The van der Waals surface area contributed by atoms with Crippen molar-refractivity contribution in [2.24, 2.45) is 0 Å². The van der Waals surface area contributed by atoms with Crippen molar-refractivity contribution < 1.29 is 8.42 Å². The van der Waals surface area contributed by atoms with E-state index in [1.54, 1.807) is 36.0 Å². The maximum atomic E-state index is 12.4. The van der Waals surface area contributed by atoms with Crippen LogP contribution in [0.2, 0.25) is 0 Å². The minimum atomic E-state index is -3.61. The molecule has 0 saturated carbocycles. The van der Waals surface area contributed by atoms with E-state index in [2.05, 4.69) is 9.71 Å². The van der Waals surface area contributed by atoms with Gasteiger partial charge in [-0.25, -0.2) is 13.4 Å². The van der Waals surface area contributed by atoms with Crippen molar-refractivity contribution in [3.8, 4) is 0 Å². The summed E-state index contributed by atoms with van der Waals surface area (Å²) in [6.07, 6.45) is 1.98. The molecular formula is C15H14N2O2S3. The quantitative estimate of drug-likeness (QED) is 0.719. The lowest BCUT2D eigenvalue weighted by Gasteiger charge is -2.05. The van der Waals surface area contributed by atoms with E-state index in [4.69, 9.17) is 0 Å². The van der Waals surface area contributed by atoms with E-state index in [1.807, 2.05) is 31.4 Å². The molecule has 0 unspecified atom stereocenters.